The molecule has 13 heavy (non-hydrogen) atoms. The molecule has 0 aliphatic heterocycles. The van der Waals surface area contributed by atoms with E-state index in [4.69, 9.17) is 0 Å². The quantitative estimate of drug-likeness (QED) is 0.622. The van der Waals surface area contributed by atoms with Crippen molar-refractivity contribution in [1.82, 2.24) is 4.98 Å². The molecule has 0 bridgehead atoms. The third-order valence-corrected chi connectivity index (χ3v) is 2.55. The van der Waals surface area contributed by atoms with Crippen LogP contribution in [0, 0.1) is 0 Å². The summed E-state index contributed by atoms with van der Waals surface area (Å²) < 4.78 is 22.6. The molecule has 1 radical (unpaired) electrons. The zero-order chi connectivity index (χ0) is 9.14. The van der Waals surface area contributed by atoms with Crippen LogP contribution in [0.3, 0.4) is 0 Å². The number of aromatic nitrogens is 1. The molecule has 0 saturated heterocycles. The molecule has 0 aromatic carbocycles. The fourth-order valence-corrected chi connectivity index (χ4v) is 1.97. The van der Waals surface area contributed by atoms with E-state index >= 15 is 0 Å². The van der Waals surface area contributed by atoms with E-state index in [-0.39, 0.29) is 29.6 Å². The molecule has 0 saturated carbocycles. The summed E-state index contributed by atoms with van der Waals surface area (Å²) in [6.45, 7) is 4.01. The van der Waals surface area contributed by atoms with Crippen molar-refractivity contribution in [3.63, 3.8) is 0 Å². The van der Waals surface area contributed by atoms with Gasteiger partial charge in [0.05, 0.1) is 5.69 Å². The Balaban J connectivity index is 0.00000144. The van der Waals surface area contributed by atoms with E-state index in [1.54, 1.807) is 0 Å². The van der Waals surface area contributed by atoms with Gasteiger partial charge < -0.3 is 4.55 Å². The average molecular weight is 228 g/mol. The number of hydrogen-bond acceptors (Lipinski definition) is 4. The standard InChI is InChI=1S/C6H10N2O2S2.Na/c1-4(2)5-3-11-6(7-5)8-12(9)10;/h3-4H,1-2H3,(H,7,8)(H,9,10);/p-1. The molecule has 0 spiro atoms. The van der Waals surface area contributed by atoms with Gasteiger partial charge in [-0.05, 0) is 5.92 Å². The number of anilines is 1. The third-order valence-electron chi connectivity index (χ3n) is 1.28. The van der Waals surface area contributed by atoms with E-state index in [1.165, 1.54) is 11.3 Å². The second kappa shape index (κ2) is 6.10. The van der Waals surface area contributed by atoms with Crippen molar-refractivity contribution < 1.29 is 8.76 Å². The van der Waals surface area contributed by atoms with E-state index in [1.807, 2.05) is 19.2 Å². The van der Waals surface area contributed by atoms with Gasteiger partial charge in [-0.2, -0.15) is 0 Å². The summed E-state index contributed by atoms with van der Waals surface area (Å²) in [6, 6.07) is 0. The minimum absolute atomic E-state index is 0. The van der Waals surface area contributed by atoms with Gasteiger partial charge in [0.1, 0.15) is 0 Å². The Bertz CT molecular complexity index is 290. The van der Waals surface area contributed by atoms with Gasteiger partial charge in [-0.25, -0.2) is 4.98 Å². The summed E-state index contributed by atoms with van der Waals surface area (Å²) in [4.78, 5) is 4.06. The molecule has 0 fully saturated rings. The molecule has 1 rings (SSSR count). The van der Waals surface area contributed by atoms with Crippen molar-refractivity contribution in [2.24, 2.45) is 0 Å². The maximum Gasteiger partial charge on any atom is 0.193 e. The van der Waals surface area contributed by atoms with Crippen LogP contribution >= 0.6 is 11.3 Å². The molecule has 69 valence electrons. The molecule has 0 aliphatic carbocycles. The first kappa shape index (κ1) is 13.5. The van der Waals surface area contributed by atoms with Crippen molar-refractivity contribution in [2.45, 2.75) is 19.8 Å². The maximum atomic E-state index is 10.2. The van der Waals surface area contributed by atoms with Crippen LogP contribution in [0.2, 0.25) is 0 Å². The summed E-state index contributed by atoms with van der Waals surface area (Å²) >= 11 is -0.978. The van der Waals surface area contributed by atoms with E-state index in [0.717, 1.165) is 5.69 Å². The monoisotopic (exact) mass is 228 g/mol. The summed E-state index contributed by atoms with van der Waals surface area (Å²) in [5.41, 5.74) is 0.910. The van der Waals surface area contributed by atoms with Gasteiger partial charge in [-0.15, -0.1) is 11.3 Å². The first-order valence-corrected chi connectivity index (χ1v) is 5.36. The Labute approximate surface area is 106 Å². The van der Waals surface area contributed by atoms with E-state index in [9.17, 15) is 8.76 Å². The summed E-state index contributed by atoms with van der Waals surface area (Å²) in [6.07, 6.45) is 0. The molecule has 1 atom stereocenters. The minimum atomic E-state index is -2.27. The largest absolute Gasteiger partial charge is 0.755 e. The smallest absolute Gasteiger partial charge is 0.193 e. The molecule has 1 N–H and O–H groups in total. The molecule has 0 amide bonds. The SMILES string of the molecule is CC(C)c1csc(NS(=O)[O-])n1.[Na]. The minimum Gasteiger partial charge on any atom is -0.755 e. The van der Waals surface area contributed by atoms with E-state index < -0.39 is 11.3 Å². The first-order chi connectivity index (χ1) is 5.59. The molecule has 4 nitrogen and oxygen atoms in total. The summed E-state index contributed by atoms with van der Waals surface area (Å²) in [5, 5.41) is 2.27. The fourth-order valence-electron chi connectivity index (χ4n) is 0.669. The number of hydrogen-bond donors (Lipinski definition) is 1. The number of rotatable bonds is 3. The van der Waals surface area contributed by atoms with Gasteiger partial charge in [0.15, 0.2) is 5.13 Å². The maximum absolute atomic E-state index is 10.2. The number of nitrogens with one attached hydrogen (secondary N) is 1. The molecular weight excluding hydrogens is 219 g/mol. The van der Waals surface area contributed by atoms with Crippen LogP contribution in [0.25, 0.3) is 0 Å². The van der Waals surface area contributed by atoms with Crippen molar-refractivity contribution in [2.75, 3.05) is 4.72 Å². The van der Waals surface area contributed by atoms with Crippen LogP contribution < -0.4 is 4.72 Å². The van der Waals surface area contributed by atoms with Gasteiger partial charge >= 0.3 is 0 Å². The van der Waals surface area contributed by atoms with Crippen molar-refractivity contribution in [1.29, 1.82) is 0 Å². The number of thiazole rings is 1. The molecule has 1 unspecified atom stereocenters. The molecule has 7 heteroatoms. The third kappa shape index (κ3) is 4.53. The molecule has 1 aromatic heterocycles. The van der Waals surface area contributed by atoms with Crippen LogP contribution in [-0.2, 0) is 11.3 Å². The molecule has 1 heterocycles. The van der Waals surface area contributed by atoms with Crippen molar-refractivity contribution in [3.8, 4) is 0 Å². The Morgan fingerprint density at radius 2 is 2.31 bits per heavy atom. The van der Waals surface area contributed by atoms with Crippen LogP contribution in [0.4, 0.5) is 5.13 Å². The second-order valence-electron chi connectivity index (χ2n) is 2.57. The van der Waals surface area contributed by atoms with E-state index in [0.29, 0.717) is 11.0 Å². The van der Waals surface area contributed by atoms with Gasteiger partial charge in [-0.3, -0.25) is 8.93 Å². The van der Waals surface area contributed by atoms with Crippen LogP contribution in [-0.4, -0.2) is 43.3 Å². The molecule has 1 aromatic rings. The second-order valence-corrected chi connectivity index (χ2v) is 4.10. The normalized spacial score (nSPS) is 12.3. The fraction of sp³-hybridized carbons (Fsp3) is 0.500. The van der Waals surface area contributed by atoms with Crippen LogP contribution in [0.1, 0.15) is 25.5 Å². The molecular formula is C6H9N2NaO2S2-. The molecule has 0 aliphatic rings. The Kier molecular flexibility index (Phi) is 6.36. The average Bonchev–Trinajstić information content (AvgIpc) is 2.34. The van der Waals surface area contributed by atoms with Crippen molar-refractivity contribution >= 4 is 57.3 Å². The Hall–Kier alpha value is 0.540. The van der Waals surface area contributed by atoms with E-state index in [2.05, 4.69) is 9.71 Å². The number of nitrogens with zero attached hydrogens (tertiary/aromatic N) is 1. The van der Waals surface area contributed by atoms with Gasteiger partial charge in [0, 0.05) is 46.2 Å². The van der Waals surface area contributed by atoms with Crippen molar-refractivity contribution in [3.05, 3.63) is 11.1 Å². The predicted octanol–water partition coefficient (Wildman–Crippen LogP) is 1.09. The Morgan fingerprint density at radius 3 is 2.69 bits per heavy atom. The summed E-state index contributed by atoms with van der Waals surface area (Å²) in [7, 11) is 0. The summed E-state index contributed by atoms with van der Waals surface area (Å²) in [5.74, 6) is 0.330. The Morgan fingerprint density at radius 1 is 1.69 bits per heavy atom. The topological polar surface area (TPSA) is 65.0 Å². The first-order valence-electron chi connectivity index (χ1n) is 3.41. The van der Waals surface area contributed by atoms with Crippen LogP contribution in [0.15, 0.2) is 5.38 Å². The van der Waals surface area contributed by atoms with Gasteiger partial charge in [0.25, 0.3) is 0 Å². The predicted molar refractivity (Wildman–Crippen MR) is 54.5 cm³/mol. The zero-order valence-electron chi connectivity index (χ0n) is 7.73. The van der Waals surface area contributed by atoms with Crippen LogP contribution in [0.5, 0.6) is 0 Å². The zero-order valence-corrected chi connectivity index (χ0v) is 11.4. The van der Waals surface area contributed by atoms with Gasteiger partial charge in [0.2, 0.25) is 0 Å². The van der Waals surface area contributed by atoms with Gasteiger partial charge in [-0.1, -0.05) is 13.8 Å².